The molecule has 0 bridgehead atoms. The Morgan fingerprint density at radius 1 is 1.35 bits per heavy atom. The maximum Gasteiger partial charge on any atom is 0.334 e. The van der Waals surface area contributed by atoms with Crippen molar-refractivity contribution in [3.8, 4) is 0 Å². The van der Waals surface area contributed by atoms with Crippen molar-refractivity contribution in [2.75, 3.05) is 12.4 Å². The Hall–Kier alpha value is -1.42. The average Bonchev–Trinajstić information content (AvgIpc) is 2.30. The number of rotatable bonds is 5. The number of esters is 1. The highest BCUT2D eigenvalue weighted by Crippen LogP contribution is 2.11. The summed E-state index contributed by atoms with van der Waals surface area (Å²) in [6, 6.07) is 7.37. The molecule has 0 aliphatic heterocycles. The SMILES string of the molecule is C=C(CS(=O)c1ccc(C)cc1)C(=O)OCC. The average molecular weight is 252 g/mol. The fourth-order valence-electron chi connectivity index (χ4n) is 1.22. The third-order valence-corrected chi connectivity index (χ3v) is 3.56. The minimum absolute atomic E-state index is 0.113. The number of ether oxygens (including phenoxy) is 1. The van der Waals surface area contributed by atoms with Gasteiger partial charge in [0.25, 0.3) is 0 Å². The maximum absolute atomic E-state index is 11.9. The Labute approximate surface area is 104 Å². The van der Waals surface area contributed by atoms with Crippen LogP contribution in [0.15, 0.2) is 41.3 Å². The van der Waals surface area contributed by atoms with Gasteiger partial charge in [0, 0.05) is 10.5 Å². The van der Waals surface area contributed by atoms with Crippen molar-refractivity contribution in [2.45, 2.75) is 18.7 Å². The van der Waals surface area contributed by atoms with Crippen molar-refractivity contribution in [1.29, 1.82) is 0 Å². The zero-order chi connectivity index (χ0) is 12.8. The molecule has 1 aromatic carbocycles. The summed E-state index contributed by atoms with van der Waals surface area (Å²) in [4.78, 5) is 12.0. The van der Waals surface area contributed by atoms with Gasteiger partial charge in [0.15, 0.2) is 0 Å². The van der Waals surface area contributed by atoms with Gasteiger partial charge in [-0.1, -0.05) is 24.3 Å². The van der Waals surface area contributed by atoms with E-state index in [2.05, 4.69) is 6.58 Å². The molecule has 0 saturated carbocycles. The van der Waals surface area contributed by atoms with E-state index in [1.54, 1.807) is 19.1 Å². The van der Waals surface area contributed by atoms with E-state index in [1.165, 1.54) is 0 Å². The smallest absolute Gasteiger partial charge is 0.334 e. The van der Waals surface area contributed by atoms with Crippen LogP contribution in [0.5, 0.6) is 0 Å². The number of hydrogen-bond acceptors (Lipinski definition) is 3. The van der Waals surface area contributed by atoms with E-state index in [0.717, 1.165) is 5.56 Å². The second-order valence-corrected chi connectivity index (χ2v) is 5.08. The van der Waals surface area contributed by atoms with Crippen molar-refractivity contribution < 1.29 is 13.7 Å². The Morgan fingerprint density at radius 2 is 1.94 bits per heavy atom. The molecular weight excluding hydrogens is 236 g/mol. The minimum Gasteiger partial charge on any atom is -0.463 e. The van der Waals surface area contributed by atoms with Gasteiger partial charge in [-0.3, -0.25) is 4.21 Å². The van der Waals surface area contributed by atoms with Crippen LogP contribution < -0.4 is 0 Å². The summed E-state index contributed by atoms with van der Waals surface area (Å²) in [5.41, 5.74) is 1.35. The highest BCUT2D eigenvalue weighted by molar-refractivity contribution is 7.85. The molecule has 0 aliphatic carbocycles. The van der Waals surface area contributed by atoms with Crippen molar-refractivity contribution in [1.82, 2.24) is 0 Å². The molecule has 1 rings (SSSR count). The van der Waals surface area contributed by atoms with Crippen molar-refractivity contribution in [2.24, 2.45) is 0 Å². The molecular formula is C13H16O3S. The molecule has 0 heterocycles. The summed E-state index contributed by atoms with van der Waals surface area (Å²) in [5.74, 6) is -0.366. The van der Waals surface area contributed by atoms with Crippen molar-refractivity contribution >= 4 is 16.8 Å². The van der Waals surface area contributed by atoms with Gasteiger partial charge >= 0.3 is 5.97 Å². The molecule has 1 atom stereocenters. The monoisotopic (exact) mass is 252 g/mol. The third-order valence-electron chi connectivity index (χ3n) is 2.15. The largest absolute Gasteiger partial charge is 0.463 e. The van der Waals surface area contributed by atoms with E-state index in [4.69, 9.17) is 4.74 Å². The molecule has 0 N–H and O–H groups in total. The van der Waals surface area contributed by atoms with E-state index in [9.17, 15) is 9.00 Å². The summed E-state index contributed by atoms with van der Waals surface area (Å²) in [6.07, 6.45) is 0. The maximum atomic E-state index is 11.9. The van der Waals surface area contributed by atoms with E-state index in [1.807, 2.05) is 19.1 Å². The zero-order valence-electron chi connectivity index (χ0n) is 10.1. The van der Waals surface area contributed by atoms with Crippen molar-refractivity contribution in [3.63, 3.8) is 0 Å². The van der Waals surface area contributed by atoms with Gasteiger partial charge < -0.3 is 4.74 Å². The van der Waals surface area contributed by atoms with Crippen LogP contribution in [0, 0.1) is 6.92 Å². The van der Waals surface area contributed by atoms with Crippen LogP contribution in [-0.2, 0) is 20.3 Å². The van der Waals surface area contributed by atoms with Gasteiger partial charge in [-0.15, -0.1) is 0 Å². The fraction of sp³-hybridized carbons (Fsp3) is 0.308. The lowest BCUT2D eigenvalue weighted by atomic mass is 10.2. The summed E-state index contributed by atoms with van der Waals surface area (Å²) in [7, 11) is -1.25. The van der Waals surface area contributed by atoms with E-state index in [0.29, 0.717) is 11.5 Å². The van der Waals surface area contributed by atoms with Gasteiger partial charge in [0.05, 0.1) is 23.2 Å². The lowest BCUT2D eigenvalue weighted by molar-refractivity contribution is -0.138. The molecule has 3 nitrogen and oxygen atoms in total. The Kier molecular flexibility index (Phi) is 5.10. The Bertz CT molecular complexity index is 434. The van der Waals surface area contributed by atoms with Crippen LogP contribution in [0.25, 0.3) is 0 Å². The number of hydrogen-bond donors (Lipinski definition) is 0. The lowest BCUT2D eigenvalue weighted by Crippen LogP contribution is -2.12. The Morgan fingerprint density at radius 3 is 2.47 bits per heavy atom. The molecule has 0 radical (unpaired) electrons. The second kappa shape index (κ2) is 6.35. The second-order valence-electron chi connectivity index (χ2n) is 3.63. The summed E-state index contributed by atoms with van der Waals surface area (Å²) in [5, 5.41) is 0. The van der Waals surface area contributed by atoms with Crippen LogP contribution >= 0.6 is 0 Å². The summed E-state index contributed by atoms with van der Waals surface area (Å²) < 4.78 is 16.7. The molecule has 0 spiro atoms. The quantitative estimate of drug-likeness (QED) is 0.596. The molecule has 0 aliphatic rings. The zero-order valence-corrected chi connectivity index (χ0v) is 10.9. The predicted molar refractivity (Wildman–Crippen MR) is 68.2 cm³/mol. The van der Waals surface area contributed by atoms with Crippen molar-refractivity contribution in [3.05, 3.63) is 42.0 Å². The summed E-state index contributed by atoms with van der Waals surface area (Å²) in [6.45, 7) is 7.58. The third kappa shape index (κ3) is 4.15. The number of benzene rings is 1. The topological polar surface area (TPSA) is 43.4 Å². The molecule has 0 amide bonds. The highest BCUT2D eigenvalue weighted by Gasteiger charge is 2.12. The van der Waals surface area contributed by atoms with Gasteiger partial charge in [0.2, 0.25) is 0 Å². The highest BCUT2D eigenvalue weighted by atomic mass is 32.2. The van der Waals surface area contributed by atoms with Gasteiger partial charge in [0.1, 0.15) is 0 Å². The van der Waals surface area contributed by atoms with Crippen LogP contribution in [0.1, 0.15) is 12.5 Å². The first kappa shape index (κ1) is 13.6. The van der Waals surface area contributed by atoms with E-state index in [-0.39, 0.29) is 11.3 Å². The van der Waals surface area contributed by atoms with Crippen LogP contribution in [0.3, 0.4) is 0 Å². The fourth-order valence-corrected chi connectivity index (χ4v) is 2.26. The molecule has 1 unspecified atom stereocenters. The molecule has 1 aromatic rings. The normalized spacial score (nSPS) is 11.9. The van der Waals surface area contributed by atoms with Gasteiger partial charge in [-0.05, 0) is 26.0 Å². The Balaban J connectivity index is 2.63. The molecule has 0 fully saturated rings. The van der Waals surface area contributed by atoms with Crippen LogP contribution in [0.4, 0.5) is 0 Å². The van der Waals surface area contributed by atoms with E-state index < -0.39 is 16.8 Å². The predicted octanol–water partition coefficient (Wildman–Crippen LogP) is 2.22. The first-order chi connectivity index (χ1) is 8.04. The first-order valence-corrected chi connectivity index (χ1v) is 6.66. The number of aryl methyl sites for hydroxylation is 1. The number of carbonyl (C=O) groups is 1. The number of carbonyl (C=O) groups excluding carboxylic acids is 1. The van der Waals surface area contributed by atoms with Gasteiger partial charge in [-0.2, -0.15) is 0 Å². The van der Waals surface area contributed by atoms with Crippen LogP contribution in [-0.4, -0.2) is 22.5 Å². The molecule has 92 valence electrons. The lowest BCUT2D eigenvalue weighted by Gasteiger charge is -2.05. The molecule has 0 saturated heterocycles. The van der Waals surface area contributed by atoms with Gasteiger partial charge in [-0.25, -0.2) is 4.79 Å². The molecule has 4 heteroatoms. The first-order valence-electron chi connectivity index (χ1n) is 5.34. The minimum atomic E-state index is -1.25. The van der Waals surface area contributed by atoms with Crippen LogP contribution in [0.2, 0.25) is 0 Å². The molecule has 17 heavy (non-hydrogen) atoms. The standard InChI is InChI=1S/C13H16O3S/c1-4-16-13(14)11(3)9-17(15)12-7-5-10(2)6-8-12/h5-8H,3-4,9H2,1-2H3. The molecule has 0 aromatic heterocycles. The van der Waals surface area contributed by atoms with E-state index >= 15 is 0 Å². The summed E-state index contributed by atoms with van der Waals surface area (Å²) >= 11 is 0.